The van der Waals surface area contributed by atoms with Gasteiger partial charge in [0, 0.05) is 25.2 Å². The van der Waals surface area contributed by atoms with Gasteiger partial charge in [-0.3, -0.25) is 0 Å². The largest absolute Gasteiger partial charge is 0.444 e. The summed E-state index contributed by atoms with van der Waals surface area (Å²) in [4.78, 5) is 22.2. The molecule has 0 N–H and O–H groups in total. The second-order valence-corrected chi connectivity index (χ2v) is 8.72. The van der Waals surface area contributed by atoms with Gasteiger partial charge in [0.1, 0.15) is 23.7 Å². The van der Waals surface area contributed by atoms with Gasteiger partial charge in [0.05, 0.1) is 18.3 Å². The van der Waals surface area contributed by atoms with Gasteiger partial charge in [-0.1, -0.05) is 0 Å². The topological polar surface area (TPSA) is 91.0 Å². The van der Waals surface area contributed by atoms with Crippen LogP contribution in [0, 0.1) is 0 Å². The monoisotopic (exact) mass is 435 g/mol. The molecule has 0 aromatic carbocycles. The lowest BCUT2D eigenvalue weighted by Gasteiger charge is -2.36. The Hall–Kier alpha value is -2.75. The van der Waals surface area contributed by atoms with E-state index in [9.17, 15) is 4.79 Å². The van der Waals surface area contributed by atoms with Gasteiger partial charge in [0.25, 0.3) is 0 Å². The van der Waals surface area contributed by atoms with E-state index in [1.807, 2.05) is 13.1 Å². The number of likely N-dealkylation sites (tertiary alicyclic amines) is 1. The number of hydrogen-bond acceptors (Lipinski definition) is 6. The molecule has 160 valence electrons. The van der Waals surface area contributed by atoms with Crippen LogP contribution in [0.25, 0.3) is 22.6 Å². The molecule has 4 heterocycles. The predicted molar refractivity (Wildman–Crippen MR) is 109 cm³/mol. The first-order chi connectivity index (χ1) is 14.1. The highest BCUT2D eigenvalue weighted by atomic mass is 35.5. The molecule has 9 nitrogen and oxygen atoms in total. The van der Waals surface area contributed by atoms with Crippen LogP contribution in [0.1, 0.15) is 33.2 Å². The number of alkyl halides is 1. The summed E-state index contributed by atoms with van der Waals surface area (Å²) in [5.74, 6) is 0.575. The normalized spacial score (nSPS) is 20.0. The lowest BCUT2D eigenvalue weighted by atomic mass is 10.0. The van der Waals surface area contributed by atoms with Crippen molar-refractivity contribution < 1.29 is 13.9 Å². The number of halogens is 2. The van der Waals surface area contributed by atoms with Gasteiger partial charge in [0.15, 0.2) is 5.82 Å². The van der Waals surface area contributed by atoms with Crippen LogP contribution in [0.2, 0.25) is 5.28 Å². The van der Waals surface area contributed by atoms with E-state index in [0.29, 0.717) is 30.1 Å². The van der Waals surface area contributed by atoms with Gasteiger partial charge < -0.3 is 18.8 Å². The molecule has 0 unspecified atom stereocenters. The molecule has 4 rings (SSSR count). The summed E-state index contributed by atoms with van der Waals surface area (Å²) in [6, 6.07) is 1.29. The maximum atomic E-state index is 15.4. The minimum absolute atomic E-state index is 0.0731. The van der Waals surface area contributed by atoms with E-state index in [2.05, 4.69) is 20.2 Å². The summed E-state index contributed by atoms with van der Waals surface area (Å²) in [6.45, 7) is 5.64. The molecule has 0 bridgehead atoms. The van der Waals surface area contributed by atoms with Crippen LogP contribution < -0.4 is 0 Å². The molecular weight excluding hydrogens is 413 g/mol. The van der Waals surface area contributed by atoms with Crippen LogP contribution in [0.4, 0.5) is 9.18 Å². The van der Waals surface area contributed by atoms with Crippen LogP contribution in [0.15, 0.2) is 18.6 Å². The van der Waals surface area contributed by atoms with E-state index in [-0.39, 0.29) is 11.8 Å². The molecule has 0 aliphatic carbocycles. The maximum absolute atomic E-state index is 15.4. The number of piperidine rings is 1. The number of fused-ring (bicyclic) bond motifs is 1. The van der Waals surface area contributed by atoms with Crippen molar-refractivity contribution in [2.75, 3.05) is 13.1 Å². The fourth-order valence-electron chi connectivity index (χ4n) is 3.69. The van der Waals surface area contributed by atoms with Crippen molar-refractivity contribution in [1.29, 1.82) is 0 Å². The molecule has 0 saturated carbocycles. The molecule has 11 heteroatoms. The molecule has 3 aromatic rings. The highest BCUT2D eigenvalue weighted by Gasteiger charge is 2.37. The minimum atomic E-state index is -1.33. The van der Waals surface area contributed by atoms with Crippen molar-refractivity contribution >= 4 is 28.7 Å². The number of hydrogen-bond donors (Lipinski definition) is 0. The van der Waals surface area contributed by atoms with E-state index in [1.54, 1.807) is 42.4 Å². The Morgan fingerprint density at radius 1 is 1.37 bits per heavy atom. The Morgan fingerprint density at radius 2 is 2.13 bits per heavy atom. The van der Waals surface area contributed by atoms with Crippen molar-refractivity contribution in [2.24, 2.45) is 7.05 Å². The van der Waals surface area contributed by atoms with E-state index < -0.39 is 23.9 Å². The van der Waals surface area contributed by atoms with E-state index in [4.69, 9.17) is 16.3 Å². The van der Waals surface area contributed by atoms with Gasteiger partial charge in [-0.25, -0.2) is 14.2 Å². The molecular formula is C19H23ClFN7O2. The molecule has 1 amide bonds. The van der Waals surface area contributed by atoms with Crippen LogP contribution in [-0.2, 0) is 11.8 Å². The summed E-state index contributed by atoms with van der Waals surface area (Å²) < 4.78 is 24.4. The Balaban J connectivity index is 1.70. The van der Waals surface area contributed by atoms with Crippen LogP contribution in [0.3, 0.4) is 0 Å². The van der Waals surface area contributed by atoms with Gasteiger partial charge in [0.2, 0.25) is 5.28 Å². The van der Waals surface area contributed by atoms with Crippen molar-refractivity contribution in [1.82, 2.24) is 34.2 Å². The first kappa shape index (κ1) is 20.5. The van der Waals surface area contributed by atoms with Crippen molar-refractivity contribution in [3.05, 3.63) is 23.9 Å². The van der Waals surface area contributed by atoms with Crippen LogP contribution in [-0.4, -0.2) is 65.2 Å². The number of amides is 1. The highest BCUT2D eigenvalue weighted by molar-refractivity contribution is 6.28. The fraction of sp³-hybridized carbons (Fsp3) is 0.526. The average molecular weight is 436 g/mol. The zero-order valence-corrected chi connectivity index (χ0v) is 18.0. The van der Waals surface area contributed by atoms with Crippen LogP contribution >= 0.6 is 11.6 Å². The standard InChI is InChI=1S/C19H23ClFN7O2/c1-19(2,3)30-18(29)27-6-5-13(12(21)9-27)28-14(16-25-23-10-26(16)4)7-11-8-22-17(20)24-15(11)28/h7-8,10,12-13H,5-6,9H2,1-4H3/t12-,13+/m0/s1. The van der Waals surface area contributed by atoms with E-state index in [1.165, 1.54) is 4.90 Å². The number of carbonyl (C=O) groups is 1. The lowest BCUT2D eigenvalue weighted by molar-refractivity contribution is 0.00716. The lowest BCUT2D eigenvalue weighted by Crippen LogP contribution is -2.47. The minimum Gasteiger partial charge on any atom is -0.444 e. The second kappa shape index (κ2) is 7.50. The molecule has 1 saturated heterocycles. The third-order valence-electron chi connectivity index (χ3n) is 4.98. The maximum Gasteiger partial charge on any atom is 0.410 e. The molecule has 1 aliphatic heterocycles. The summed E-state index contributed by atoms with van der Waals surface area (Å²) >= 11 is 6.03. The number of ether oxygens (including phenoxy) is 1. The van der Waals surface area contributed by atoms with Crippen molar-refractivity contribution in [3.8, 4) is 11.5 Å². The summed E-state index contributed by atoms with van der Waals surface area (Å²) in [7, 11) is 1.81. The fourth-order valence-corrected chi connectivity index (χ4v) is 3.81. The number of nitrogens with zero attached hydrogens (tertiary/aromatic N) is 7. The number of carbonyl (C=O) groups excluding carboxylic acids is 1. The molecule has 1 fully saturated rings. The smallest absolute Gasteiger partial charge is 0.410 e. The highest BCUT2D eigenvalue weighted by Crippen LogP contribution is 2.35. The molecule has 2 atom stereocenters. The predicted octanol–water partition coefficient (Wildman–Crippen LogP) is 3.40. The Kier molecular flexibility index (Phi) is 5.13. The van der Waals surface area contributed by atoms with E-state index >= 15 is 4.39 Å². The molecule has 3 aromatic heterocycles. The average Bonchev–Trinajstić information content (AvgIpc) is 3.23. The van der Waals surface area contributed by atoms with Gasteiger partial charge in [-0.15, -0.1) is 10.2 Å². The molecule has 0 spiro atoms. The first-order valence-corrected chi connectivity index (χ1v) is 10.0. The summed E-state index contributed by atoms with van der Waals surface area (Å²) in [5, 5.41) is 8.90. The zero-order chi connectivity index (χ0) is 21.6. The van der Waals surface area contributed by atoms with Crippen LogP contribution in [0.5, 0.6) is 0 Å². The van der Waals surface area contributed by atoms with Crippen molar-refractivity contribution in [2.45, 2.75) is 45.0 Å². The molecule has 30 heavy (non-hydrogen) atoms. The Labute approximate surface area is 177 Å². The molecule has 0 radical (unpaired) electrons. The zero-order valence-electron chi connectivity index (χ0n) is 17.2. The number of aryl methyl sites for hydroxylation is 1. The Bertz CT molecular complexity index is 1090. The van der Waals surface area contributed by atoms with Gasteiger partial charge in [-0.2, -0.15) is 4.98 Å². The first-order valence-electron chi connectivity index (χ1n) is 9.64. The molecule has 1 aliphatic rings. The third-order valence-corrected chi connectivity index (χ3v) is 5.16. The van der Waals surface area contributed by atoms with Crippen molar-refractivity contribution in [3.63, 3.8) is 0 Å². The second-order valence-electron chi connectivity index (χ2n) is 8.38. The van der Waals surface area contributed by atoms with E-state index in [0.717, 1.165) is 5.39 Å². The van der Waals surface area contributed by atoms with Gasteiger partial charge in [-0.05, 0) is 44.9 Å². The SMILES string of the molecule is Cn1cnnc1-c1cc2cnc(Cl)nc2n1[C@@H]1CCN(C(=O)OC(C)(C)C)C[C@@H]1F. The number of aromatic nitrogens is 6. The Morgan fingerprint density at radius 3 is 2.77 bits per heavy atom. The number of rotatable bonds is 2. The summed E-state index contributed by atoms with van der Waals surface area (Å²) in [6.07, 6.45) is 1.72. The summed E-state index contributed by atoms with van der Waals surface area (Å²) in [5.41, 5.74) is 0.550. The third kappa shape index (κ3) is 3.83. The quantitative estimate of drug-likeness (QED) is 0.573. The van der Waals surface area contributed by atoms with Gasteiger partial charge >= 0.3 is 6.09 Å².